The fraction of sp³-hybridized carbons (Fsp3) is 0.448. The SMILES string of the molecule is CN1C/C=C\CCCN2C[C@@]3(CCCc4cc(Cl)ccc43)COc3ccc(cc32)[C@](O)(C(=O)O)CC1=O. The molecule has 0 fully saturated rings. The summed E-state index contributed by atoms with van der Waals surface area (Å²) in [4.78, 5) is 28.8. The molecule has 1 amide bonds. The topological polar surface area (TPSA) is 90.3 Å². The predicted octanol–water partition coefficient (Wildman–Crippen LogP) is 4.28. The summed E-state index contributed by atoms with van der Waals surface area (Å²) in [5.41, 5.74) is 0.844. The van der Waals surface area contributed by atoms with Crippen molar-refractivity contribution in [3.63, 3.8) is 0 Å². The Bertz CT molecular complexity index is 1250. The molecule has 0 aromatic heterocycles. The van der Waals surface area contributed by atoms with Crippen LogP contribution < -0.4 is 9.64 Å². The van der Waals surface area contributed by atoms with E-state index >= 15 is 0 Å². The molecule has 1 spiro atoms. The van der Waals surface area contributed by atoms with Crippen LogP contribution in [0, 0.1) is 0 Å². The highest BCUT2D eigenvalue weighted by Gasteiger charge is 2.44. The summed E-state index contributed by atoms with van der Waals surface area (Å²) in [5.74, 6) is -1.24. The molecule has 2 N–H and O–H groups in total. The van der Waals surface area contributed by atoms with Gasteiger partial charge in [-0.3, -0.25) is 4.79 Å². The van der Waals surface area contributed by atoms with Crippen molar-refractivity contribution in [3.8, 4) is 5.75 Å². The number of amides is 1. The van der Waals surface area contributed by atoms with Gasteiger partial charge < -0.3 is 24.7 Å². The predicted molar refractivity (Wildman–Crippen MR) is 142 cm³/mol. The third-order valence-corrected chi connectivity index (χ3v) is 8.28. The van der Waals surface area contributed by atoms with Crippen molar-refractivity contribution in [2.75, 3.05) is 38.2 Å². The minimum Gasteiger partial charge on any atom is -0.490 e. The van der Waals surface area contributed by atoms with Gasteiger partial charge >= 0.3 is 5.97 Å². The normalized spacial score (nSPS) is 27.1. The van der Waals surface area contributed by atoms with Gasteiger partial charge in [-0.05, 0) is 73.1 Å². The largest absolute Gasteiger partial charge is 0.490 e. The molecule has 0 saturated heterocycles. The third kappa shape index (κ3) is 4.82. The second-order valence-electron chi connectivity index (χ2n) is 10.6. The summed E-state index contributed by atoms with van der Waals surface area (Å²) in [5, 5.41) is 22.1. The summed E-state index contributed by atoms with van der Waals surface area (Å²) < 4.78 is 6.43. The number of carboxylic acid groups (broad SMARTS) is 1. The van der Waals surface area contributed by atoms with E-state index in [0.29, 0.717) is 25.4 Å². The second-order valence-corrected chi connectivity index (χ2v) is 11.0. The van der Waals surface area contributed by atoms with Crippen LogP contribution in [-0.2, 0) is 27.0 Å². The summed E-state index contributed by atoms with van der Waals surface area (Å²) in [7, 11) is 1.61. The van der Waals surface area contributed by atoms with Crippen LogP contribution in [0.4, 0.5) is 5.69 Å². The molecule has 2 heterocycles. The fourth-order valence-corrected chi connectivity index (χ4v) is 6.11. The molecule has 2 aliphatic heterocycles. The van der Waals surface area contributed by atoms with E-state index < -0.39 is 23.9 Å². The summed E-state index contributed by atoms with van der Waals surface area (Å²) in [6.07, 6.45) is 8.14. The number of hydrogen-bond donors (Lipinski definition) is 2. The van der Waals surface area contributed by atoms with E-state index in [1.807, 2.05) is 12.1 Å². The van der Waals surface area contributed by atoms with Gasteiger partial charge in [0, 0.05) is 37.1 Å². The van der Waals surface area contributed by atoms with Crippen LogP contribution in [0.2, 0.25) is 5.02 Å². The lowest BCUT2D eigenvalue weighted by atomic mass is 9.70. The highest BCUT2D eigenvalue weighted by atomic mass is 35.5. The summed E-state index contributed by atoms with van der Waals surface area (Å²) in [6.45, 7) is 2.31. The van der Waals surface area contributed by atoms with Crippen molar-refractivity contribution >= 4 is 29.2 Å². The van der Waals surface area contributed by atoms with Crippen LogP contribution in [0.1, 0.15) is 48.8 Å². The number of nitrogens with zero attached hydrogens (tertiary/aromatic N) is 2. The first-order valence-electron chi connectivity index (χ1n) is 12.9. The molecule has 8 heteroatoms. The average Bonchev–Trinajstić information content (AvgIpc) is 3.02. The zero-order chi connectivity index (χ0) is 26.2. The summed E-state index contributed by atoms with van der Waals surface area (Å²) in [6, 6.07) is 11.1. The minimum absolute atomic E-state index is 0.175. The number of allylic oxidation sites excluding steroid dienone is 1. The molecule has 5 rings (SSSR count). The fourth-order valence-electron chi connectivity index (χ4n) is 5.92. The maximum absolute atomic E-state index is 12.8. The number of aliphatic hydroxyl groups is 1. The zero-order valence-electron chi connectivity index (χ0n) is 21.1. The van der Waals surface area contributed by atoms with Crippen molar-refractivity contribution in [2.24, 2.45) is 0 Å². The quantitative estimate of drug-likeness (QED) is 0.541. The molecule has 0 unspecified atom stereocenters. The van der Waals surface area contributed by atoms with Gasteiger partial charge in [-0.25, -0.2) is 4.79 Å². The molecule has 2 bridgehead atoms. The van der Waals surface area contributed by atoms with Gasteiger partial charge in [0.2, 0.25) is 5.91 Å². The second kappa shape index (κ2) is 10.0. The lowest BCUT2D eigenvalue weighted by Gasteiger charge is -2.41. The zero-order valence-corrected chi connectivity index (χ0v) is 21.8. The first kappa shape index (κ1) is 25.6. The third-order valence-electron chi connectivity index (χ3n) is 8.05. The maximum Gasteiger partial charge on any atom is 0.340 e. The van der Waals surface area contributed by atoms with Gasteiger partial charge in [-0.15, -0.1) is 0 Å². The number of carboxylic acids is 1. The minimum atomic E-state index is -2.35. The lowest BCUT2D eigenvalue weighted by molar-refractivity contribution is -0.164. The first-order chi connectivity index (χ1) is 17.7. The van der Waals surface area contributed by atoms with Crippen LogP contribution >= 0.6 is 11.6 Å². The number of carbonyl (C=O) groups is 2. The Morgan fingerprint density at radius 1 is 1.14 bits per heavy atom. The molecular formula is C29H33ClN2O5. The van der Waals surface area contributed by atoms with E-state index in [1.54, 1.807) is 25.2 Å². The highest BCUT2D eigenvalue weighted by Crippen LogP contribution is 2.45. The van der Waals surface area contributed by atoms with E-state index in [1.165, 1.54) is 16.0 Å². The molecule has 2 aromatic carbocycles. The van der Waals surface area contributed by atoms with Crippen molar-refractivity contribution in [3.05, 3.63) is 70.3 Å². The Labute approximate surface area is 222 Å². The number of anilines is 1. The number of fused-ring (bicyclic) bond motifs is 3. The van der Waals surface area contributed by atoms with E-state index in [-0.39, 0.29) is 11.0 Å². The molecule has 2 atom stereocenters. The number of ether oxygens (including phenoxy) is 1. The van der Waals surface area contributed by atoms with Gasteiger partial charge in [0.15, 0.2) is 5.60 Å². The number of rotatable bonds is 1. The lowest BCUT2D eigenvalue weighted by Crippen LogP contribution is -2.46. The first-order valence-corrected chi connectivity index (χ1v) is 13.3. The Hall–Kier alpha value is -3.03. The molecule has 1 aliphatic carbocycles. The van der Waals surface area contributed by atoms with Crippen LogP contribution in [0.15, 0.2) is 48.6 Å². The van der Waals surface area contributed by atoms with E-state index in [0.717, 1.165) is 49.4 Å². The van der Waals surface area contributed by atoms with Gasteiger partial charge in [-0.2, -0.15) is 0 Å². The van der Waals surface area contributed by atoms with Gasteiger partial charge in [0.1, 0.15) is 5.75 Å². The number of carbonyl (C=O) groups excluding carboxylic acids is 1. The Morgan fingerprint density at radius 2 is 1.97 bits per heavy atom. The molecule has 0 saturated carbocycles. The van der Waals surface area contributed by atoms with E-state index in [4.69, 9.17) is 16.3 Å². The van der Waals surface area contributed by atoms with Crippen molar-refractivity contribution in [1.82, 2.24) is 4.90 Å². The Morgan fingerprint density at radius 3 is 2.78 bits per heavy atom. The molecule has 37 heavy (non-hydrogen) atoms. The molecule has 0 radical (unpaired) electrons. The van der Waals surface area contributed by atoms with Crippen LogP contribution in [-0.4, -0.2) is 60.3 Å². The van der Waals surface area contributed by atoms with Crippen molar-refractivity contribution in [2.45, 2.75) is 49.5 Å². The number of hydrogen-bond acceptors (Lipinski definition) is 5. The standard InChI is InChI=1S/C29H33ClN2O5/c1-31-13-4-2-3-5-14-32-18-28(12-6-7-20-15-22(30)9-10-23(20)28)19-37-25-11-8-21(16-24(25)32)29(36,27(34)35)17-26(31)33/h2,4,8-11,15-16,36H,3,5-7,12-14,17-19H2,1H3,(H,34,35)/b4-2-/t28-,29-/m0/s1. The Kier molecular flexibility index (Phi) is 6.94. The average molecular weight is 525 g/mol. The number of halogens is 1. The van der Waals surface area contributed by atoms with E-state index in [9.17, 15) is 19.8 Å². The van der Waals surface area contributed by atoms with E-state index in [2.05, 4.69) is 23.1 Å². The van der Waals surface area contributed by atoms with Gasteiger partial charge in [-0.1, -0.05) is 35.9 Å². The highest BCUT2D eigenvalue weighted by molar-refractivity contribution is 6.30. The van der Waals surface area contributed by atoms with Crippen LogP contribution in [0.25, 0.3) is 0 Å². The number of benzene rings is 2. The van der Waals surface area contributed by atoms with Gasteiger partial charge in [0.05, 0.1) is 18.7 Å². The molecule has 3 aliphatic rings. The molecule has 7 nitrogen and oxygen atoms in total. The van der Waals surface area contributed by atoms with Crippen molar-refractivity contribution < 1.29 is 24.5 Å². The number of aryl methyl sites for hydroxylation is 1. The molecular weight excluding hydrogens is 492 g/mol. The molecule has 2 aromatic rings. The van der Waals surface area contributed by atoms with Crippen LogP contribution in [0.5, 0.6) is 5.75 Å². The van der Waals surface area contributed by atoms with Crippen molar-refractivity contribution in [1.29, 1.82) is 0 Å². The Balaban J connectivity index is 1.60. The smallest absolute Gasteiger partial charge is 0.340 e. The maximum atomic E-state index is 12.8. The van der Waals surface area contributed by atoms with Crippen LogP contribution in [0.3, 0.4) is 0 Å². The molecule has 196 valence electrons. The van der Waals surface area contributed by atoms with Gasteiger partial charge in [0.25, 0.3) is 0 Å². The summed E-state index contributed by atoms with van der Waals surface area (Å²) >= 11 is 6.32. The number of likely N-dealkylation sites (N-methyl/N-ethyl adjacent to an activating group) is 1. The monoisotopic (exact) mass is 524 g/mol. The number of aliphatic carboxylic acids is 1.